The third-order valence-electron chi connectivity index (χ3n) is 4.30. The van der Waals surface area contributed by atoms with Gasteiger partial charge in [0.05, 0.1) is 21.0 Å². The van der Waals surface area contributed by atoms with Crippen molar-refractivity contribution in [3.63, 3.8) is 0 Å². The summed E-state index contributed by atoms with van der Waals surface area (Å²) >= 11 is 5.90. The second kappa shape index (κ2) is 7.17. The van der Waals surface area contributed by atoms with Gasteiger partial charge in [-0.25, -0.2) is 26.6 Å². The Morgan fingerprint density at radius 1 is 0.759 bits per heavy atom. The Balaban J connectivity index is 2.05. The van der Waals surface area contributed by atoms with Crippen molar-refractivity contribution in [1.82, 2.24) is 4.98 Å². The number of halogens is 4. The summed E-state index contributed by atoms with van der Waals surface area (Å²) in [5.74, 6) is -2.57. The van der Waals surface area contributed by atoms with Crippen molar-refractivity contribution in [3.05, 3.63) is 89.2 Å². The molecular weight excluding hydrogens is 423 g/mol. The third-order valence-corrected chi connectivity index (χ3v) is 6.30. The van der Waals surface area contributed by atoms with Gasteiger partial charge in [0.25, 0.3) is 0 Å². The summed E-state index contributed by atoms with van der Waals surface area (Å²) in [5, 5.41) is 0.789. The molecule has 0 unspecified atom stereocenters. The Morgan fingerprint density at radius 3 is 2.07 bits per heavy atom. The van der Waals surface area contributed by atoms with Crippen molar-refractivity contribution >= 4 is 32.3 Å². The van der Waals surface area contributed by atoms with E-state index < -0.39 is 32.2 Å². The zero-order valence-electron chi connectivity index (χ0n) is 14.5. The average Bonchev–Trinajstić information content (AvgIpc) is 2.66. The van der Waals surface area contributed by atoms with Crippen molar-refractivity contribution in [3.8, 4) is 11.3 Å². The Bertz CT molecular complexity index is 1340. The first-order valence-electron chi connectivity index (χ1n) is 8.31. The zero-order valence-corrected chi connectivity index (χ0v) is 16.1. The van der Waals surface area contributed by atoms with Crippen molar-refractivity contribution in [2.24, 2.45) is 0 Å². The summed E-state index contributed by atoms with van der Waals surface area (Å²) in [6.45, 7) is 0. The second-order valence-electron chi connectivity index (χ2n) is 6.29. The molecular formula is C21H11ClF3NO2S. The summed E-state index contributed by atoms with van der Waals surface area (Å²) in [4.78, 5) is 3.51. The largest absolute Gasteiger partial charge is 0.246 e. The van der Waals surface area contributed by atoms with Crippen LogP contribution in [0.4, 0.5) is 13.2 Å². The molecule has 0 bridgehead atoms. The smallest absolute Gasteiger partial charge is 0.208 e. The second-order valence-corrected chi connectivity index (χ2v) is 8.64. The van der Waals surface area contributed by atoms with E-state index in [1.807, 2.05) is 0 Å². The van der Waals surface area contributed by atoms with Crippen LogP contribution in [0.1, 0.15) is 0 Å². The fraction of sp³-hybridized carbons (Fsp3) is 0. The maximum atomic E-state index is 13.7. The van der Waals surface area contributed by atoms with E-state index in [2.05, 4.69) is 4.98 Å². The summed E-state index contributed by atoms with van der Waals surface area (Å²) in [6.07, 6.45) is 0. The molecule has 0 aliphatic carbocycles. The van der Waals surface area contributed by atoms with Crippen LogP contribution in [-0.2, 0) is 9.84 Å². The molecule has 29 heavy (non-hydrogen) atoms. The van der Waals surface area contributed by atoms with Gasteiger partial charge >= 0.3 is 0 Å². The van der Waals surface area contributed by atoms with Gasteiger partial charge in [0.15, 0.2) is 0 Å². The highest BCUT2D eigenvalue weighted by atomic mass is 35.5. The van der Waals surface area contributed by atoms with Gasteiger partial charge in [-0.3, -0.25) is 0 Å². The molecule has 0 atom stereocenters. The average molecular weight is 434 g/mol. The van der Waals surface area contributed by atoms with Crippen LogP contribution in [-0.4, -0.2) is 13.4 Å². The summed E-state index contributed by atoms with van der Waals surface area (Å²) in [5.41, 5.74) is 0.653. The van der Waals surface area contributed by atoms with Crippen molar-refractivity contribution in [1.29, 1.82) is 0 Å². The van der Waals surface area contributed by atoms with Gasteiger partial charge in [-0.2, -0.15) is 0 Å². The topological polar surface area (TPSA) is 47.0 Å². The molecule has 0 aliphatic rings. The number of hydrogen-bond donors (Lipinski definition) is 0. The first kappa shape index (κ1) is 19.4. The molecule has 0 saturated carbocycles. The van der Waals surface area contributed by atoms with E-state index in [1.165, 1.54) is 24.3 Å². The van der Waals surface area contributed by atoms with Gasteiger partial charge < -0.3 is 0 Å². The lowest BCUT2D eigenvalue weighted by molar-refractivity contribution is 0.567. The monoisotopic (exact) mass is 433 g/mol. The van der Waals surface area contributed by atoms with Gasteiger partial charge in [-0.1, -0.05) is 23.7 Å². The lowest BCUT2D eigenvalue weighted by Gasteiger charge is -2.13. The summed E-state index contributed by atoms with van der Waals surface area (Å²) in [7, 11) is -4.34. The lowest BCUT2D eigenvalue weighted by atomic mass is 10.1. The number of hydrogen-bond acceptors (Lipinski definition) is 3. The molecule has 0 radical (unpaired) electrons. The molecule has 1 aromatic heterocycles. The van der Waals surface area contributed by atoms with Crippen LogP contribution >= 0.6 is 11.6 Å². The molecule has 0 aliphatic heterocycles. The molecule has 0 saturated heterocycles. The third kappa shape index (κ3) is 3.71. The molecule has 0 amide bonds. The maximum Gasteiger partial charge on any atom is 0.208 e. The predicted molar refractivity (Wildman–Crippen MR) is 104 cm³/mol. The van der Waals surface area contributed by atoms with E-state index >= 15 is 0 Å². The Morgan fingerprint density at radius 2 is 1.41 bits per heavy atom. The fourth-order valence-electron chi connectivity index (χ4n) is 2.95. The van der Waals surface area contributed by atoms with Crippen LogP contribution in [0.3, 0.4) is 0 Å². The van der Waals surface area contributed by atoms with Crippen LogP contribution in [0.5, 0.6) is 0 Å². The molecule has 3 nitrogen and oxygen atoms in total. The number of pyridine rings is 1. The minimum absolute atomic E-state index is 0.0180. The number of fused-ring (bicyclic) bond motifs is 1. The molecule has 0 fully saturated rings. The molecule has 1 heterocycles. The van der Waals surface area contributed by atoms with Crippen molar-refractivity contribution in [2.75, 3.05) is 0 Å². The van der Waals surface area contributed by atoms with Crippen LogP contribution < -0.4 is 0 Å². The minimum Gasteiger partial charge on any atom is -0.246 e. The Kier molecular flexibility index (Phi) is 4.80. The van der Waals surface area contributed by atoms with Crippen molar-refractivity contribution in [2.45, 2.75) is 9.79 Å². The molecule has 8 heteroatoms. The van der Waals surface area contributed by atoms with Crippen LogP contribution in [0, 0.1) is 17.5 Å². The van der Waals surface area contributed by atoms with Crippen LogP contribution in [0.25, 0.3) is 22.2 Å². The number of sulfone groups is 1. The molecule has 0 N–H and O–H groups in total. The quantitative estimate of drug-likeness (QED) is 0.410. The maximum absolute atomic E-state index is 13.7. The minimum atomic E-state index is -4.34. The molecule has 3 aromatic carbocycles. The molecule has 0 spiro atoms. The number of benzene rings is 3. The van der Waals surface area contributed by atoms with Crippen molar-refractivity contribution < 1.29 is 21.6 Å². The van der Waals surface area contributed by atoms with E-state index in [4.69, 9.17) is 11.6 Å². The fourth-order valence-corrected chi connectivity index (χ4v) is 4.57. The predicted octanol–water partition coefficient (Wildman–Crippen LogP) is 5.81. The summed E-state index contributed by atoms with van der Waals surface area (Å²) in [6, 6.07) is 13.3. The van der Waals surface area contributed by atoms with Gasteiger partial charge in [-0.05, 0) is 42.5 Å². The van der Waals surface area contributed by atoms with E-state index in [1.54, 1.807) is 24.3 Å². The van der Waals surface area contributed by atoms with Gasteiger partial charge in [0, 0.05) is 28.1 Å². The molecule has 4 rings (SSSR count). The van der Waals surface area contributed by atoms with E-state index in [-0.39, 0.29) is 16.1 Å². The molecule has 146 valence electrons. The number of nitrogens with zero attached hydrogens (tertiary/aromatic N) is 1. The Labute approximate surface area is 169 Å². The van der Waals surface area contributed by atoms with E-state index in [9.17, 15) is 21.6 Å². The molecule has 4 aromatic rings. The summed E-state index contributed by atoms with van der Waals surface area (Å²) < 4.78 is 67.5. The van der Waals surface area contributed by atoms with E-state index in [0.29, 0.717) is 22.0 Å². The van der Waals surface area contributed by atoms with Gasteiger partial charge in [-0.15, -0.1) is 0 Å². The first-order valence-corrected chi connectivity index (χ1v) is 10.2. The number of aromatic nitrogens is 1. The normalized spacial score (nSPS) is 11.7. The highest BCUT2D eigenvalue weighted by molar-refractivity contribution is 7.91. The lowest BCUT2D eigenvalue weighted by Crippen LogP contribution is -2.07. The highest BCUT2D eigenvalue weighted by Crippen LogP contribution is 2.34. The zero-order chi connectivity index (χ0) is 20.8. The van der Waals surface area contributed by atoms with E-state index in [0.717, 1.165) is 12.1 Å². The SMILES string of the molecule is O=S(=O)(c1cc(F)cc(F)c1)c1cc2ccc(F)cc2nc1-c1ccc(Cl)cc1. The van der Waals surface area contributed by atoms with Gasteiger partial charge in [0.1, 0.15) is 17.5 Å². The van der Waals surface area contributed by atoms with Crippen LogP contribution in [0.15, 0.2) is 76.5 Å². The number of rotatable bonds is 3. The Hall–Kier alpha value is -2.90. The van der Waals surface area contributed by atoms with Crippen LogP contribution in [0.2, 0.25) is 5.02 Å². The standard InChI is InChI=1S/C21H11ClF3NO2S/c22-14-4-1-12(2-5-14)21-20(7-13-3-6-15(23)11-19(13)26-21)29(27,28)18-9-16(24)8-17(25)10-18/h1-11H. The highest BCUT2D eigenvalue weighted by Gasteiger charge is 2.25. The first-order chi connectivity index (χ1) is 13.7. The van der Waals surface area contributed by atoms with Gasteiger partial charge in [0.2, 0.25) is 9.84 Å².